The van der Waals surface area contributed by atoms with Crippen LogP contribution in [0, 0.1) is 5.92 Å². The average Bonchev–Trinajstić information content (AvgIpc) is 2.52. The second-order valence-electron chi connectivity index (χ2n) is 5.58. The van der Waals surface area contributed by atoms with Crippen molar-refractivity contribution in [2.24, 2.45) is 5.92 Å². The molecule has 1 saturated heterocycles. The van der Waals surface area contributed by atoms with Crippen molar-refractivity contribution in [1.82, 2.24) is 5.32 Å². The smallest absolute Gasteiger partial charge is 0.326 e. The summed E-state index contributed by atoms with van der Waals surface area (Å²) in [5.74, 6) is -2.01. The van der Waals surface area contributed by atoms with Gasteiger partial charge >= 0.3 is 5.97 Å². The largest absolute Gasteiger partial charge is 0.480 e. The molecule has 1 aliphatic heterocycles. The summed E-state index contributed by atoms with van der Waals surface area (Å²) in [5, 5.41) is 12.6. The first-order chi connectivity index (χ1) is 10.5. The molecule has 1 aromatic rings. The Morgan fingerprint density at radius 2 is 2.23 bits per heavy atom. The fourth-order valence-electron chi connectivity index (χ4n) is 2.62. The number of carbonyl (C=O) groups is 2. The van der Waals surface area contributed by atoms with Gasteiger partial charge in [0.15, 0.2) is 0 Å². The summed E-state index contributed by atoms with van der Waals surface area (Å²) < 4.78 is 5.32. The minimum atomic E-state index is -1.03. The van der Waals surface area contributed by atoms with Gasteiger partial charge in [-0.1, -0.05) is 23.7 Å². The van der Waals surface area contributed by atoms with Crippen molar-refractivity contribution >= 4 is 23.5 Å². The highest BCUT2D eigenvalue weighted by Gasteiger charge is 2.32. The van der Waals surface area contributed by atoms with Gasteiger partial charge in [0.2, 0.25) is 5.91 Å². The van der Waals surface area contributed by atoms with Gasteiger partial charge in [-0.05, 0) is 37.5 Å². The van der Waals surface area contributed by atoms with E-state index in [1.54, 1.807) is 31.2 Å². The lowest BCUT2D eigenvalue weighted by Crippen LogP contribution is -2.49. The summed E-state index contributed by atoms with van der Waals surface area (Å²) in [6.45, 7) is 2.75. The molecule has 1 aliphatic rings. The van der Waals surface area contributed by atoms with Gasteiger partial charge in [-0.2, -0.15) is 0 Å². The molecule has 0 bridgehead atoms. The average molecular weight is 326 g/mol. The van der Waals surface area contributed by atoms with E-state index in [9.17, 15) is 14.7 Å². The van der Waals surface area contributed by atoms with Crippen LogP contribution in [-0.4, -0.2) is 36.2 Å². The van der Waals surface area contributed by atoms with Gasteiger partial charge in [0.25, 0.3) is 0 Å². The van der Waals surface area contributed by atoms with E-state index in [2.05, 4.69) is 5.32 Å². The number of hydrogen-bond acceptors (Lipinski definition) is 3. The minimum absolute atomic E-state index is 0.193. The lowest BCUT2D eigenvalue weighted by atomic mass is 9.92. The number of amides is 1. The summed E-state index contributed by atoms with van der Waals surface area (Å²) in [7, 11) is 0. The Hall–Kier alpha value is -1.59. The van der Waals surface area contributed by atoms with Gasteiger partial charge < -0.3 is 15.2 Å². The van der Waals surface area contributed by atoms with Crippen molar-refractivity contribution in [2.45, 2.75) is 31.7 Å². The monoisotopic (exact) mass is 325 g/mol. The molecular weight excluding hydrogens is 306 g/mol. The second kappa shape index (κ2) is 7.61. The first-order valence-corrected chi connectivity index (χ1v) is 7.73. The van der Waals surface area contributed by atoms with Crippen LogP contribution >= 0.6 is 11.6 Å². The zero-order chi connectivity index (χ0) is 16.1. The van der Waals surface area contributed by atoms with E-state index in [0.717, 1.165) is 18.4 Å². The molecule has 1 fully saturated rings. The number of halogens is 1. The predicted molar refractivity (Wildman–Crippen MR) is 83.0 cm³/mol. The Morgan fingerprint density at radius 1 is 1.45 bits per heavy atom. The Morgan fingerprint density at radius 3 is 2.82 bits per heavy atom. The minimum Gasteiger partial charge on any atom is -0.480 e. The molecule has 1 heterocycles. The van der Waals surface area contributed by atoms with Crippen LogP contribution in [0.2, 0.25) is 5.02 Å². The summed E-state index contributed by atoms with van der Waals surface area (Å²) in [6, 6.07) is 6.09. The molecule has 5 nitrogen and oxygen atoms in total. The van der Waals surface area contributed by atoms with E-state index in [0.29, 0.717) is 18.2 Å². The third-order valence-electron chi connectivity index (χ3n) is 3.97. The third kappa shape index (κ3) is 4.21. The molecule has 1 amide bonds. The van der Waals surface area contributed by atoms with E-state index in [1.807, 2.05) is 0 Å². The summed E-state index contributed by atoms with van der Waals surface area (Å²) in [4.78, 5) is 23.8. The zero-order valence-electron chi connectivity index (χ0n) is 12.4. The Bertz CT molecular complexity index is 543. The maximum absolute atomic E-state index is 12.4. The summed E-state index contributed by atoms with van der Waals surface area (Å²) in [6.07, 6.45) is 1.55. The third-order valence-corrected chi connectivity index (χ3v) is 4.21. The number of carboxylic acids is 1. The zero-order valence-corrected chi connectivity index (χ0v) is 13.2. The van der Waals surface area contributed by atoms with Crippen LogP contribution in [0.15, 0.2) is 24.3 Å². The van der Waals surface area contributed by atoms with E-state index < -0.39 is 17.9 Å². The van der Waals surface area contributed by atoms with Crippen LogP contribution in [0.1, 0.15) is 31.2 Å². The van der Waals surface area contributed by atoms with Crippen molar-refractivity contribution in [1.29, 1.82) is 0 Å². The number of carboxylic acid groups (broad SMARTS) is 1. The van der Waals surface area contributed by atoms with Crippen molar-refractivity contribution in [3.63, 3.8) is 0 Å². The molecule has 0 radical (unpaired) electrons. The molecule has 0 saturated carbocycles. The van der Waals surface area contributed by atoms with E-state index >= 15 is 0 Å². The van der Waals surface area contributed by atoms with Crippen LogP contribution in [0.3, 0.4) is 0 Å². The highest BCUT2D eigenvalue weighted by Crippen LogP contribution is 2.22. The van der Waals surface area contributed by atoms with Crippen LogP contribution in [0.4, 0.5) is 0 Å². The molecule has 1 aromatic carbocycles. The van der Waals surface area contributed by atoms with Gasteiger partial charge in [-0.15, -0.1) is 0 Å². The van der Waals surface area contributed by atoms with Crippen LogP contribution < -0.4 is 5.32 Å². The van der Waals surface area contributed by atoms with E-state index in [-0.39, 0.29) is 11.8 Å². The summed E-state index contributed by atoms with van der Waals surface area (Å²) >= 11 is 5.93. The van der Waals surface area contributed by atoms with Gasteiger partial charge in [-0.3, -0.25) is 4.79 Å². The normalized spacial score (nSPS) is 20.9. The predicted octanol–water partition coefficient (Wildman–Crippen LogP) is 2.44. The van der Waals surface area contributed by atoms with Gasteiger partial charge in [0.05, 0.1) is 12.5 Å². The molecule has 3 unspecified atom stereocenters. The number of nitrogens with one attached hydrogen (secondary N) is 1. The topological polar surface area (TPSA) is 75.6 Å². The van der Waals surface area contributed by atoms with Gasteiger partial charge in [-0.25, -0.2) is 4.79 Å². The van der Waals surface area contributed by atoms with Crippen molar-refractivity contribution in [3.05, 3.63) is 34.9 Å². The maximum atomic E-state index is 12.4. The maximum Gasteiger partial charge on any atom is 0.326 e. The molecule has 3 atom stereocenters. The fourth-order valence-corrected chi connectivity index (χ4v) is 2.81. The SMILES string of the molecule is CC(C(=O)NC(C(=O)O)C1CCCOC1)c1cccc(Cl)c1. The first kappa shape index (κ1) is 16.8. The number of carbonyl (C=O) groups excluding carboxylic acids is 1. The number of aliphatic carboxylic acids is 1. The Kier molecular flexibility index (Phi) is 5.80. The highest BCUT2D eigenvalue weighted by molar-refractivity contribution is 6.30. The Labute approximate surface area is 134 Å². The Balaban J connectivity index is 2.05. The van der Waals surface area contributed by atoms with Crippen LogP contribution in [0.25, 0.3) is 0 Å². The standard InChI is InChI=1S/C16H20ClNO4/c1-10(11-4-2-6-13(17)8-11)15(19)18-14(16(20)21)12-5-3-7-22-9-12/h2,4,6,8,10,12,14H,3,5,7,9H2,1H3,(H,18,19)(H,20,21). The lowest BCUT2D eigenvalue weighted by Gasteiger charge is -2.29. The van der Waals surface area contributed by atoms with E-state index in [1.165, 1.54) is 0 Å². The molecule has 2 N–H and O–H groups in total. The second-order valence-corrected chi connectivity index (χ2v) is 6.01. The molecular formula is C16H20ClNO4. The van der Waals surface area contributed by atoms with Crippen molar-refractivity contribution in [2.75, 3.05) is 13.2 Å². The molecule has 6 heteroatoms. The van der Waals surface area contributed by atoms with Gasteiger partial charge in [0.1, 0.15) is 6.04 Å². The number of rotatable bonds is 5. The van der Waals surface area contributed by atoms with Crippen LogP contribution in [0.5, 0.6) is 0 Å². The van der Waals surface area contributed by atoms with Gasteiger partial charge in [0, 0.05) is 17.5 Å². The van der Waals surface area contributed by atoms with Crippen molar-refractivity contribution in [3.8, 4) is 0 Å². The van der Waals surface area contributed by atoms with Crippen molar-refractivity contribution < 1.29 is 19.4 Å². The molecule has 120 valence electrons. The lowest BCUT2D eigenvalue weighted by molar-refractivity contribution is -0.145. The quantitative estimate of drug-likeness (QED) is 0.872. The van der Waals surface area contributed by atoms with Crippen LogP contribution in [-0.2, 0) is 14.3 Å². The number of benzene rings is 1. The molecule has 0 spiro atoms. The first-order valence-electron chi connectivity index (χ1n) is 7.35. The molecule has 0 aromatic heterocycles. The number of ether oxygens (including phenoxy) is 1. The molecule has 0 aliphatic carbocycles. The highest BCUT2D eigenvalue weighted by atomic mass is 35.5. The molecule has 22 heavy (non-hydrogen) atoms. The fraction of sp³-hybridized carbons (Fsp3) is 0.500. The van der Waals surface area contributed by atoms with E-state index in [4.69, 9.17) is 16.3 Å². The molecule has 2 rings (SSSR count). The number of hydrogen-bond donors (Lipinski definition) is 2. The summed E-state index contributed by atoms with van der Waals surface area (Å²) in [5.41, 5.74) is 0.758.